The van der Waals surface area contributed by atoms with E-state index in [1.54, 1.807) is 24.1 Å². The molecule has 1 saturated heterocycles. The molecule has 0 aromatic heterocycles. The van der Waals surface area contributed by atoms with Gasteiger partial charge in [-0.25, -0.2) is 9.38 Å². The van der Waals surface area contributed by atoms with Crippen LogP contribution in [0, 0.1) is 5.82 Å². The Kier molecular flexibility index (Phi) is 6.30. The summed E-state index contributed by atoms with van der Waals surface area (Å²) in [6.45, 7) is 2.31. The Bertz CT molecular complexity index is 902. The van der Waals surface area contributed by atoms with Crippen LogP contribution in [0.5, 0.6) is 5.75 Å². The van der Waals surface area contributed by atoms with E-state index in [1.165, 1.54) is 36.0 Å². The molecule has 1 heterocycles. The van der Waals surface area contributed by atoms with Crippen molar-refractivity contribution in [3.8, 4) is 5.75 Å². The predicted octanol–water partition coefficient (Wildman–Crippen LogP) is 3.81. The normalized spacial score (nSPS) is 17.8. The van der Waals surface area contributed by atoms with Crippen LogP contribution in [-0.4, -0.2) is 40.8 Å². The molecule has 2 aromatic rings. The topological polar surface area (TPSA) is 71.0 Å². The molecule has 1 atom stereocenters. The zero-order valence-electron chi connectivity index (χ0n) is 15.5. The molecule has 0 aliphatic carbocycles. The fourth-order valence-electron chi connectivity index (χ4n) is 2.75. The van der Waals surface area contributed by atoms with Gasteiger partial charge >= 0.3 is 0 Å². The van der Waals surface area contributed by atoms with Crippen LogP contribution in [0.15, 0.2) is 53.5 Å². The lowest BCUT2D eigenvalue weighted by molar-refractivity contribution is -0.128. The number of aliphatic imine (C=N–C) groups is 1. The number of anilines is 1. The number of carbonyl (C=O) groups is 2. The number of methoxy groups -OCH3 is 1. The summed E-state index contributed by atoms with van der Waals surface area (Å²) in [4.78, 5) is 31.1. The molecule has 0 saturated carbocycles. The van der Waals surface area contributed by atoms with Crippen LogP contribution in [0.1, 0.15) is 13.3 Å². The number of rotatable bonds is 6. The maximum Gasteiger partial charge on any atom is 0.242 e. The van der Waals surface area contributed by atoms with Crippen molar-refractivity contribution < 1.29 is 18.7 Å². The highest BCUT2D eigenvalue weighted by Crippen LogP contribution is 2.34. The minimum atomic E-state index is -0.561. The summed E-state index contributed by atoms with van der Waals surface area (Å²) in [6, 6.07) is 12.8. The van der Waals surface area contributed by atoms with Gasteiger partial charge in [-0.2, -0.15) is 0 Å². The third-order valence-corrected chi connectivity index (χ3v) is 5.31. The maximum absolute atomic E-state index is 13.0. The number of nitrogens with zero attached hydrogens (tertiary/aromatic N) is 2. The number of nitrogens with one attached hydrogen (secondary N) is 1. The van der Waals surface area contributed by atoms with Crippen LogP contribution in [0.2, 0.25) is 0 Å². The average molecular weight is 401 g/mol. The second-order valence-electron chi connectivity index (χ2n) is 6.01. The molecule has 1 fully saturated rings. The first kappa shape index (κ1) is 19.9. The van der Waals surface area contributed by atoms with Crippen molar-refractivity contribution in [3.05, 3.63) is 54.3 Å². The molecular weight excluding hydrogens is 381 g/mol. The van der Waals surface area contributed by atoms with Crippen LogP contribution in [0.25, 0.3) is 0 Å². The summed E-state index contributed by atoms with van der Waals surface area (Å²) in [7, 11) is 1.56. The number of amidine groups is 1. The van der Waals surface area contributed by atoms with Gasteiger partial charge in [0.15, 0.2) is 5.17 Å². The van der Waals surface area contributed by atoms with E-state index in [0.717, 1.165) is 0 Å². The molecule has 0 bridgehead atoms. The van der Waals surface area contributed by atoms with Crippen molar-refractivity contribution in [3.63, 3.8) is 0 Å². The van der Waals surface area contributed by atoms with Crippen LogP contribution >= 0.6 is 11.8 Å². The molecule has 1 N–H and O–H groups in total. The molecule has 6 nitrogen and oxygen atoms in total. The minimum Gasteiger partial charge on any atom is -0.494 e. The van der Waals surface area contributed by atoms with E-state index in [1.807, 2.05) is 19.1 Å². The molecular formula is C20H20FN3O3S. The summed E-state index contributed by atoms with van der Waals surface area (Å²) < 4.78 is 18.3. The third-order valence-electron chi connectivity index (χ3n) is 4.14. The zero-order chi connectivity index (χ0) is 20.1. The Morgan fingerprint density at radius 1 is 1.25 bits per heavy atom. The first-order chi connectivity index (χ1) is 13.5. The van der Waals surface area contributed by atoms with Gasteiger partial charge in [-0.3, -0.25) is 14.5 Å². The van der Waals surface area contributed by atoms with E-state index in [2.05, 4.69) is 10.3 Å². The second kappa shape index (κ2) is 8.88. The highest BCUT2D eigenvalue weighted by atomic mass is 32.2. The highest BCUT2D eigenvalue weighted by molar-refractivity contribution is 8.15. The van der Waals surface area contributed by atoms with Crippen molar-refractivity contribution in [2.45, 2.75) is 18.6 Å². The van der Waals surface area contributed by atoms with Gasteiger partial charge in [-0.15, -0.1) is 0 Å². The van der Waals surface area contributed by atoms with Crippen molar-refractivity contribution in [1.29, 1.82) is 0 Å². The number of para-hydroxylation sites is 2. The Labute approximate surface area is 166 Å². The van der Waals surface area contributed by atoms with Crippen LogP contribution < -0.4 is 10.1 Å². The largest absolute Gasteiger partial charge is 0.494 e. The zero-order valence-corrected chi connectivity index (χ0v) is 16.3. The highest BCUT2D eigenvalue weighted by Gasteiger charge is 2.38. The molecule has 1 aliphatic heterocycles. The van der Waals surface area contributed by atoms with E-state index >= 15 is 0 Å². The smallest absolute Gasteiger partial charge is 0.242 e. The fraction of sp³-hybridized carbons (Fsp3) is 0.250. The quantitative estimate of drug-likeness (QED) is 0.799. The minimum absolute atomic E-state index is 0.00230. The summed E-state index contributed by atoms with van der Waals surface area (Å²) in [5, 5.41) is 2.66. The Morgan fingerprint density at radius 2 is 1.96 bits per heavy atom. The molecule has 8 heteroatoms. The monoisotopic (exact) mass is 401 g/mol. The van der Waals surface area contributed by atoms with Crippen LogP contribution in [-0.2, 0) is 9.59 Å². The molecule has 2 amide bonds. The first-order valence-corrected chi connectivity index (χ1v) is 9.65. The summed E-state index contributed by atoms with van der Waals surface area (Å²) >= 11 is 1.26. The SMILES string of the molecule is CCN1C(=O)C(CC(=O)Nc2ccc(F)cc2)SC1=Nc1ccccc1OC. The Morgan fingerprint density at radius 3 is 2.64 bits per heavy atom. The van der Waals surface area contributed by atoms with Crippen molar-refractivity contribution >= 4 is 40.1 Å². The van der Waals surface area contributed by atoms with E-state index < -0.39 is 5.25 Å². The van der Waals surface area contributed by atoms with Crippen molar-refractivity contribution in [2.24, 2.45) is 4.99 Å². The molecule has 0 radical (unpaired) electrons. The number of amides is 2. The molecule has 2 aromatic carbocycles. The maximum atomic E-state index is 13.0. The lowest BCUT2D eigenvalue weighted by Gasteiger charge is -2.14. The first-order valence-electron chi connectivity index (χ1n) is 8.77. The molecule has 28 heavy (non-hydrogen) atoms. The van der Waals surface area contributed by atoms with E-state index in [-0.39, 0.29) is 24.1 Å². The summed E-state index contributed by atoms with van der Waals surface area (Å²) in [6.07, 6.45) is 0.00230. The lowest BCUT2D eigenvalue weighted by Crippen LogP contribution is -2.33. The molecule has 1 aliphatic rings. The van der Waals surface area contributed by atoms with Gasteiger partial charge in [0.1, 0.15) is 22.5 Å². The number of benzene rings is 2. The van der Waals surface area contributed by atoms with E-state index in [0.29, 0.717) is 28.8 Å². The number of hydrogen-bond acceptors (Lipinski definition) is 5. The van der Waals surface area contributed by atoms with Gasteiger partial charge in [0.2, 0.25) is 11.8 Å². The van der Waals surface area contributed by atoms with Crippen LogP contribution in [0.4, 0.5) is 15.8 Å². The third kappa shape index (κ3) is 4.51. The number of halogens is 1. The number of thioether (sulfide) groups is 1. The Hall–Kier alpha value is -2.87. The summed E-state index contributed by atoms with van der Waals surface area (Å²) in [5.41, 5.74) is 1.10. The van der Waals surface area contributed by atoms with Crippen molar-refractivity contribution in [1.82, 2.24) is 4.90 Å². The average Bonchev–Trinajstić information content (AvgIpc) is 2.98. The van der Waals surface area contributed by atoms with Gasteiger partial charge in [0.25, 0.3) is 0 Å². The second-order valence-corrected chi connectivity index (χ2v) is 7.18. The Balaban J connectivity index is 1.73. The summed E-state index contributed by atoms with van der Waals surface area (Å²) in [5.74, 6) is -0.241. The number of hydrogen-bond donors (Lipinski definition) is 1. The van der Waals surface area contributed by atoms with E-state index in [4.69, 9.17) is 4.74 Å². The molecule has 146 valence electrons. The van der Waals surface area contributed by atoms with Crippen LogP contribution in [0.3, 0.4) is 0 Å². The standard InChI is InChI=1S/C20H20FN3O3S/c1-3-24-19(26)17(12-18(25)22-14-10-8-13(21)9-11-14)28-20(24)23-15-6-4-5-7-16(15)27-2/h4-11,17H,3,12H2,1-2H3,(H,22,25). The molecule has 0 spiro atoms. The van der Waals surface area contributed by atoms with Gasteiger partial charge in [-0.05, 0) is 43.3 Å². The van der Waals surface area contributed by atoms with Gasteiger partial charge in [-0.1, -0.05) is 23.9 Å². The molecule has 1 unspecified atom stereocenters. The predicted molar refractivity (Wildman–Crippen MR) is 109 cm³/mol. The number of carbonyl (C=O) groups excluding carboxylic acids is 2. The lowest BCUT2D eigenvalue weighted by atomic mass is 10.2. The van der Waals surface area contributed by atoms with Gasteiger partial charge in [0.05, 0.1) is 7.11 Å². The van der Waals surface area contributed by atoms with Crippen molar-refractivity contribution in [2.75, 3.05) is 19.0 Å². The van der Waals surface area contributed by atoms with E-state index in [9.17, 15) is 14.0 Å². The molecule has 3 rings (SSSR count). The number of ether oxygens (including phenoxy) is 1. The fourth-order valence-corrected chi connectivity index (χ4v) is 3.97. The van der Waals surface area contributed by atoms with Gasteiger partial charge < -0.3 is 10.1 Å². The van der Waals surface area contributed by atoms with Gasteiger partial charge in [0, 0.05) is 18.7 Å².